The number of rotatable bonds is 2. The molecule has 1 fully saturated rings. The number of carbonyl (C=O) groups excluding carboxylic acids is 1. The number of nitrogens with one attached hydrogen (secondary N) is 1. The summed E-state index contributed by atoms with van der Waals surface area (Å²) < 4.78 is 0.974. The zero-order valence-corrected chi connectivity index (χ0v) is 10.5. The Labute approximate surface area is 104 Å². The summed E-state index contributed by atoms with van der Waals surface area (Å²) in [4.78, 5) is 11.9. The number of hydrogen-bond donors (Lipinski definition) is 2. The van der Waals surface area contributed by atoms with Gasteiger partial charge >= 0.3 is 0 Å². The van der Waals surface area contributed by atoms with Crippen molar-refractivity contribution in [3.05, 3.63) is 34.3 Å². The molecule has 1 aliphatic carbocycles. The molecule has 16 heavy (non-hydrogen) atoms. The van der Waals surface area contributed by atoms with Crippen molar-refractivity contribution in [1.29, 1.82) is 0 Å². The molecule has 4 heteroatoms. The monoisotopic (exact) mass is 282 g/mol. The van der Waals surface area contributed by atoms with Crippen LogP contribution in [0.4, 0.5) is 0 Å². The van der Waals surface area contributed by atoms with Crippen molar-refractivity contribution in [2.24, 2.45) is 5.73 Å². The van der Waals surface area contributed by atoms with E-state index in [9.17, 15) is 4.79 Å². The van der Waals surface area contributed by atoms with E-state index in [1.54, 1.807) is 12.1 Å². The summed E-state index contributed by atoms with van der Waals surface area (Å²) in [6.07, 6.45) is 3.10. The van der Waals surface area contributed by atoms with Crippen LogP contribution < -0.4 is 11.1 Å². The van der Waals surface area contributed by atoms with E-state index in [1.807, 2.05) is 12.1 Å². The van der Waals surface area contributed by atoms with Gasteiger partial charge in [-0.3, -0.25) is 4.79 Å². The summed E-state index contributed by atoms with van der Waals surface area (Å²) in [6.45, 7) is 0. The van der Waals surface area contributed by atoms with Crippen molar-refractivity contribution < 1.29 is 4.79 Å². The Morgan fingerprint density at radius 1 is 1.31 bits per heavy atom. The largest absolute Gasteiger partial charge is 0.348 e. The third-order valence-electron chi connectivity index (χ3n) is 2.99. The fourth-order valence-corrected chi connectivity index (χ4v) is 2.29. The van der Waals surface area contributed by atoms with Gasteiger partial charge in [-0.15, -0.1) is 0 Å². The minimum Gasteiger partial charge on any atom is -0.348 e. The zero-order chi connectivity index (χ0) is 11.5. The molecule has 1 aliphatic rings. The lowest BCUT2D eigenvalue weighted by Crippen LogP contribution is -2.43. The van der Waals surface area contributed by atoms with Gasteiger partial charge in [0.1, 0.15) is 0 Å². The lowest BCUT2D eigenvalue weighted by atomic mass is 10.1. The Hall–Kier alpha value is -0.870. The number of carbonyl (C=O) groups is 1. The highest BCUT2D eigenvalue weighted by Gasteiger charge is 2.25. The normalized spacial score (nSPS) is 24.4. The molecular formula is C12H15BrN2O. The van der Waals surface area contributed by atoms with Gasteiger partial charge in [-0.1, -0.05) is 15.9 Å². The Bertz CT molecular complexity index is 377. The van der Waals surface area contributed by atoms with Crippen molar-refractivity contribution >= 4 is 21.8 Å². The molecular weight excluding hydrogens is 268 g/mol. The lowest BCUT2D eigenvalue weighted by molar-refractivity contribution is 0.0934. The maximum absolute atomic E-state index is 11.9. The van der Waals surface area contributed by atoms with Crippen molar-refractivity contribution in [3.8, 4) is 0 Å². The number of hydrogen-bond acceptors (Lipinski definition) is 2. The molecule has 2 unspecified atom stereocenters. The molecule has 0 aliphatic heterocycles. The second-order valence-electron chi connectivity index (χ2n) is 4.18. The van der Waals surface area contributed by atoms with Crippen LogP contribution in [0, 0.1) is 0 Å². The molecule has 1 aromatic rings. The zero-order valence-electron chi connectivity index (χ0n) is 8.95. The SMILES string of the molecule is NC1CCCC1NC(=O)c1ccc(Br)cc1. The second-order valence-corrected chi connectivity index (χ2v) is 5.10. The van der Waals surface area contributed by atoms with Gasteiger partial charge in [-0.05, 0) is 43.5 Å². The maximum Gasteiger partial charge on any atom is 0.251 e. The van der Waals surface area contributed by atoms with E-state index in [2.05, 4.69) is 21.2 Å². The van der Waals surface area contributed by atoms with E-state index in [0.29, 0.717) is 5.56 Å². The molecule has 86 valence electrons. The van der Waals surface area contributed by atoms with Crippen LogP contribution in [0.2, 0.25) is 0 Å². The van der Waals surface area contributed by atoms with Crippen LogP contribution in [0.5, 0.6) is 0 Å². The second kappa shape index (κ2) is 4.97. The van der Waals surface area contributed by atoms with Crippen LogP contribution in [0.25, 0.3) is 0 Å². The molecule has 0 radical (unpaired) electrons. The third kappa shape index (κ3) is 2.62. The molecule has 0 bridgehead atoms. The lowest BCUT2D eigenvalue weighted by Gasteiger charge is -2.17. The van der Waals surface area contributed by atoms with Gasteiger partial charge in [-0.25, -0.2) is 0 Å². The van der Waals surface area contributed by atoms with Crippen molar-refractivity contribution in [2.75, 3.05) is 0 Å². The van der Waals surface area contributed by atoms with Crippen molar-refractivity contribution in [2.45, 2.75) is 31.3 Å². The quantitative estimate of drug-likeness (QED) is 0.873. The number of benzene rings is 1. The molecule has 0 spiro atoms. The summed E-state index contributed by atoms with van der Waals surface area (Å²) >= 11 is 3.34. The van der Waals surface area contributed by atoms with Crippen LogP contribution >= 0.6 is 15.9 Å². The fraction of sp³-hybridized carbons (Fsp3) is 0.417. The Kier molecular flexibility index (Phi) is 3.61. The first-order valence-electron chi connectivity index (χ1n) is 5.49. The van der Waals surface area contributed by atoms with E-state index in [1.165, 1.54) is 0 Å². The summed E-state index contributed by atoms with van der Waals surface area (Å²) in [6, 6.07) is 7.59. The first-order chi connectivity index (χ1) is 7.66. The van der Waals surface area contributed by atoms with Gasteiger partial charge in [0.05, 0.1) is 0 Å². The number of amides is 1. The molecule has 1 aromatic carbocycles. The Balaban J connectivity index is 2.00. The predicted molar refractivity (Wildman–Crippen MR) is 67.2 cm³/mol. The van der Waals surface area contributed by atoms with Gasteiger partial charge in [-0.2, -0.15) is 0 Å². The van der Waals surface area contributed by atoms with Crippen molar-refractivity contribution in [3.63, 3.8) is 0 Å². The minimum atomic E-state index is -0.0325. The summed E-state index contributed by atoms with van der Waals surface area (Å²) in [5.41, 5.74) is 6.59. The Morgan fingerprint density at radius 3 is 2.56 bits per heavy atom. The highest BCUT2D eigenvalue weighted by molar-refractivity contribution is 9.10. The van der Waals surface area contributed by atoms with Crippen LogP contribution in [-0.2, 0) is 0 Å². The minimum absolute atomic E-state index is 0.0325. The molecule has 1 amide bonds. The van der Waals surface area contributed by atoms with E-state index >= 15 is 0 Å². The van der Waals surface area contributed by atoms with Gasteiger partial charge < -0.3 is 11.1 Å². The summed E-state index contributed by atoms with van der Waals surface area (Å²) in [5.74, 6) is -0.0325. The molecule has 0 heterocycles. The molecule has 2 atom stereocenters. The van der Waals surface area contributed by atoms with Crippen molar-refractivity contribution in [1.82, 2.24) is 5.32 Å². The average Bonchev–Trinajstić information content (AvgIpc) is 2.65. The molecule has 0 aromatic heterocycles. The number of nitrogens with two attached hydrogens (primary N) is 1. The standard InChI is InChI=1S/C12H15BrN2O/c13-9-6-4-8(5-7-9)12(16)15-11-3-1-2-10(11)14/h4-7,10-11H,1-3,14H2,(H,15,16). The van der Waals surface area contributed by atoms with Gasteiger partial charge in [0, 0.05) is 22.1 Å². The maximum atomic E-state index is 11.9. The topological polar surface area (TPSA) is 55.1 Å². The smallest absolute Gasteiger partial charge is 0.251 e. The molecule has 2 rings (SSSR count). The first-order valence-corrected chi connectivity index (χ1v) is 6.28. The first kappa shape index (κ1) is 11.6. The molecule has 3 N–H and O–H groups in total. The van der Waals surface area contributed by atoms with Crippen LogP contribution in [0.3, 0.4) is 0 Å². The third-order valence-corrected chi connectivity index (χ3v) is 3.52. The van der Waals surface area contributed by atoms with Gasteiger partial charge in [0.15, 0.2) is 0 Å². The molecule has 0 saturated heterocycles. The van der Waals surface area contributed by atoms with Crippen LogP contribution in [-0.4, -0.2) is 18.0 Å². The highest BCUT2D eigenvalue weighted by atomic mass is 79.9. The molecule has 1 saturated carbocycles. The van der Waals surface area contributed by atoms with Crippen LogP contribution in [0.1, 0.15) is 29.6 Å². The predicted octanol–water partition coefficient (Wildman–Crippen LogP) is 2.06. The van der Waals surface area contributed by atoms with E-state index in [-0.39, 0.29) is 18.0 Å². The Morgan fingerprint density at radius 2 is 2.00 bits per heavy atom. The fourth-order valence-electron chi connectivity index (χ4n) is 2.02. The highest BCUT2D eigenvalue weighted by Crippen LogP contribution is 2.18. The van der Waals surface area contributed by atoms with E-state index in [0.717, 1.165) is 23.7 Å². The summed E-state index contributed by atoms with van der Waals surface area (Å²) in [7, 11) is 0. The molecule has 3 nitrogen and oxygen atoms in total. The van der Waals surface area contributed by atoms with E-state index in [4.69, 9.17) is 5.73 Å². The van der Waals surface area contributed by atoms with Crippen LogP contribution in [0.15, 0.2) is 28.7 Å². The summed E-state index contributed by atoms with van der Waals surface area (Å²) in [5, 5.41) is 2.99. The van der Waals surface area contributed by atoms with Gasteiger partial charge in [0.2, 0.25) is 0 Å². The van der Waals surface area contributed by atoms with Gasteiger partial charge in [0.25, 0.3) is 5.91 Å². The number of halogens is 1. The van der Waals surface area contributed by atoms with E-state index < -0.39 is 0 Å². The average molecular weight is 283 g/mol.